The van der Waals surface area contributed by atoms with Crippen molar-refractivity contribution in [2.45, 2.75) is 0 Å². The Kier molecular flexibility index (Phi) is 3.36. The minimum atomic E-state index is -0.939. The quantitative estimate of drug-likeness (QED) is 0.889. The topological polar surface area (TPSA) is 49.3 Å². The van der Waals surface area contributed by atoms with Crippen LogP contribution in [0, 0.1) is 0 Å². The number of carbonyl (C=O) groups is 1. The van der Waals surface area contributed by atoms with Crippen molar-refractivity contribution in [2.75, 3.05) is 12.4 Å². The maximum Gasteiger partial charge on any atom is 0.339 e. The highest BCUT2D eigenvalue weighted by atomic mass is 35.5. The van der Waals surface area contributed by atoms with E-state index in [9.17, 15) is 9.90 Å². The number of rotatable bonds is 3. The number of nitrogens with one attached hydrogen (secondary N) is 1. The van der Waals surface area contributed by atoms with E-state index in [1.54, 1.807) is 25.2 Å². The van der Waals surface area contributed by atoms with Crippen LogP contribution in [0.15, 0.2) is 29.6 Å². The molecule has 2 aromatic rings. The van der Waals surface area contributed by atoms with Gasteiger partial charge in [0.15, 0.2) is 0 Å². The van der Waals surface area contributed by atoms with Crippen molar-refractivity contribution in [3.05, 3.63) is 40.2 Å². The number of aromatic carboxylic acids is 1. The Morgan fingerprint density at radius 2 is 2.24 bits per heavy atom. The number of carboxylic acid groups (broad SMARTS) is 1. The Bertz CT molecular complexity index is 565. The maximum absolute atomic E-state index is 11.3. The molecule has 0 amide bonds. The van der Waals surface area contributed by atoms with Crippen LogP contribution in [-0.2, 0) is 0 Å². The highest BCUT2D eigenvalue weighted by molar-refractivity contribution is 7.15. The summed E-state index contributed by atoms with van der Waals surface area (Å²) in [5.74, 6) is -0.939. The van der Waals surface area contributed by atoms with Crippen molar-refractivity contribution in [1.29, 1.82) is 0 Å². The van der Waals surface area contributed by atoms with E-state index in [1.165, 1.54) is 11.3 Å². The molecular formula is C12H10ClNO2S. The van der Waals surface area contributed by atoms with Gasteiger partial charge in [-0.25, -0.2) is 4.79 Å². The standard InChI is InChI=1S/C12H10ClNO2S/c1-14-11-10(12(15)16)9(6-17-11)7-3-2-4-8(13)5-7/h2-6,14H,1H3,(H,15,16). The van der Waals surface area contributed by atoms with Crippen LogP contribution in [0.2, 0.25) is 5.02 Å². The van der Waals surface area contributed by atoms with E-state index in [2.05, 4.69) is 5.32 Å². The molecule has 0 aliphatic rings. The highest BCUT2D eigenvalue weighted by Gasteiger charge is 2.18. The predicted molar refractivity (Wildman–Crippen MR) is 71.3 cm³/mol. The summed E-state index contributed by atoms with van der Waals surface area (Å²) in [6, 6.07) is 7.17. The van der Waals surface area contributed by atoms with Gasteiger partial charge in [-0.05, 0) is 17.7 Å². The van der Waals surface area contributed by atoms with Gasteiger partial charge < -0.3 is 10.4 Å². The smallest absolute Gasteiger partial charge is 0.339 e. The summed E-state index contributed by atoms with van der Waals surface area (Å²) in [6.45, 7) is 0. The van der Waals surface area contributed by atoms with E-state index >= 15 is 0 Å². The fourth-order valence-electron chi connectivity index (χ4n) is 1.62. The predicted octanol–water partition coefficient (Wildman–Crippen LogP) is 3.81. The first-order valence-corrected chi connectivity index (χ1v) is 6.17. The average Bonchev–Trinajstić information content (AvgIpc) is 2.72. The van der Waals surface area contributed by atoms with Gasteiger partial charge in [-0.1, -0.05) is 23.7 Å². The van der Waals surface area contributed by atoms with Crippen LogP contribution in [-0.4, -0.2) is 18.1 Å². The monoisotopic (exact) mass is 267 g/mol. The van der Waals surface area contributed by atoms with Gasteiger partial charge in [-0.3, -0.25) is 0 Å². The molecule has 0 radical (unpaired) electrons. The SMILES string of the molecule is CNc1scc(-c2cccc(Cl)c2)c1C(=O)O. The molecule has 88 valence electrons. The highest BCUT2D eigenvalue weighted by Crippen LogP contribution is 2.35. The van der Waals surface area contributed by atoms with E-state index in [0.29, 0.717) is 21.2 Å². The average molecular weight is 268 g/mol. The molecule has 3 nitrogen and oxygen atoms in total. The van der Waals surface area contributed by atoms with Crippen LogP contribution in [0.25, 0.3) is 11.1 Å². The third kappa shape index (κ3) is 2.28. The molecule has 2 N–H and O–H groups in total. The van der Waals surface area contributed by atoms with Gasteiger partial charge in [0.05, 0.1) is 0 Å². The molecule has 0 spiro atoms. The number of benzene rings is 1. The normalized spacial score (nSPS) is 10.2. The molecule has 0 saturated heterocycles. The van der Waals surface area contributed by atoms with Crippen molar-refractivity contribution in [1.82, 2.24) is 0 Å². The summed E-state index contributed by atoms with van der Waals surface area (Å²) < 4.78 is 0. The molecule has 5 heteroatoms. The van der Waals surface area contributed by atoms with Crippen LogP contribution in [0.4, 0.5) is 5.00 Å². The second-order valence-corrected chi connectivity index (χ2v) is 4.74. The van der Waals surface area contributed by atoms with E-state index in [0.717, 1.165) is 5.56 Å². The van der Waals surface area contributed by atoms with Gasteiger partial charge in [0.1, 0.15) is 10.6 Å². The number of hydrogen-bond donors (Lipinski definition) is 2. The minimum Gasteiger partial charge on any atom is -0.478 e. The summed E-state index contributed by atoms with van der Waals surface area (Å²) >= 11 is 7.28. The van der Waals surface area contributed by atoms with E-state index < -0.39 is 5.97 Å². The fraction of sp³-hybridized carbons (Fsp3) is 0.0833. The van der Waals surface area contributed by atoms with Crippen LogP contribution in [0.5, 0.6) is 0 Å². The van der Waals surface area contributed by atoms with Gasteiger partial charge in [-0.2, -0.15) is 0 Å². The van der Waals surface area contributed by atoms with Crippen LogP contribution < -0.4 is 5.32 Å². The van der Waals surface area contributed by atoms with Gasteiger partial charge in [0, 0.05) is 23.0 Å². The minimum absolute atomic E-state index is 0.291. The third-order valence-electron chi connectivity index (χ3n) is 2.37. The summed E-state index contributed by atoms with van der Waals surface area (Å²) in [5, 5.41) is 15.2. The second-order valence-electron chi connectivity index (χ2n) is 3.42. The molecule has 0 saturated carbocycles. The zero-order chi connectivity index (χ0) is 12.4. The second kappa shape index (κ2) is 4.77. The number of hydrogen-bond acceptors (Lipinski definition) is 3. The van der Waals surface area contributed by atoms with E-state index in [-0.39, 0.29) is 0 Å². The molecule has 0 atom stereocenters. The van der Waals surface area contributed by atoms with Gasteiger partial charge in [0.2, 0.25) is 0 Å². The molecule has 0 aliphatic carbocycles. The number of carboxylic acids is 1. The summed E-state index contributed by atoms with van der Waals surface area (Å²) in [7, 11) is 1.71. The molecular weight excluding hydrogens is 258 g/mol. The molecule has 0 bridgehead atoms. The van der Waals surface area contributed by atoms with Crippen molar-refractivity contribution < 1.29 is 9.90 Å². The molecule has 17 heavy (non-hydrogen) atoms. The van der Waals surface area contributed by atoms with E-state index in [1.807, 2.05) is 11.4 Å². The lowest BCUT2D eigenvalue weighted by atomic mass is 10.0. The first-order valence-electron chi connectivity index (χ1n) is 4.92. The number of thiophene rings is 1. The van der Waals surface area contributed by atoms with Crippen molar-refractivity contribution in [3.8, 4) is 11.1 Å². The molecule has 0 fully saturated rings. The van der Waals surface area contributed by atoms with Gasteiger partial charge in [-0.15, -0.1) is 11.3 Å². The fourth-order valence-corrected chi connectivity index (χ4v) is 2.74. The first kappa shape index (κ1) is 12.0. The third-order valence-corrected chi connectivity index (χ3v) is 3.60. The lowest BCUT2D eigenvalue weighted by molar-refractivity contribution is 0.0699. The summed E-state index contributed by atoms with van der Waals surface area (Å²) in [5.41, 5.74) is 1.79. The molecule has 2 rings (SSSR count). The Morgan fingerprint density at radius 3 is 2.82 bits per heavy atom. The molecule has 0 unspecified atom stereocenters. The maximum atomic E-state index is 11.3. The Balaban J connectivity index is 2.60. The Hall–Kier alpha value is -1.52. The molecule has 1 aromatic carbocycles. The van der Waals surface area contributed by atoms with Gasteiger partial charge in [0.25, 0.3) is 0 Å². The zero-order valence-electron chi connectivity index (χ0n) is 9.03. The summed E-state index contributed by atoms with van der Waals surface area (Å²) in [4.78, 5) is 11.3. The lowest BCUT2D eigenvalue weighted by Gasteiger charge is -2.03. The van der Waals surface area contributed by atoms with Crippen LogP contribution >= 0.6 is 22.9 Å². The Labute approximate surface area is 108 Å². The molecule has 1 heterocycles. The number of halogens is 1. The van der Waals surface area contributed by atoms with Crippen LogP contribution in [0.1, 0.15) is 10.4 Å². The Morgan fingerprint density at radius 1 is 1.47 bits per heavy atom. The number of anilines is 1. The van der Waals surface area contributed by atoms with Crippen molar-refractivity contribution in [2.24, 2.45) is 0 Å². The first-order chi connectivity index (χ1) is 8.13. The van der Waals surface area contributed by atoms with Crippen molar-refractivity contribution >= 4 is 33.9 Å². The van der Waals surface area contributed by atoms with Crippen molar-refractivity contribution in [3.63, 3.8) is 0 Å². The zero-order valence-corrected chi connectivity index (χ0v) is 10.6. The molecule has 0 aliphatic heterocycles. The lowest BCUT2D eigenvalue weighted by Crippen LogP contribution is -2.00. The van der Waals surface area contributed by atoms with Gasteiger partial charge >= 0.3 is 5.97 Å². The van der Waals surface area contributed by atoms with Crippen LogP contribution in [0.3, 0.4) is 0 Å². The largest absolute Gasteiger partial charge is 0.478 e. The summed E-state index contributed by atoms with van der Waals surface area (Å²) in [6.07, 6.45) is 0. The molecule has 1 aromatic heterocycles. The van der Waals surface area contributed by atoms with E-state index in [4.69, 9.17) is 11.6 Å².